The number of nitrogens with zero attached hydrogens (tertiary/aromatic N) is 1. The summed E-state index contributed by atoms with van der Waals surface area (Å²) < 4.78 is 0. The fraction of sp³-hybridized carbons (Fsp3) is 0.462. The van der Waals surface area contributed by atoms with E-state index in [1.807, 2.05) is 45.0 Å². The second-order valence-electron chi connectivity index (χ2n) is 4.82. The van der Waals surface area contributed by atoms with E-state index in [-0.39, 0.29) is 11.8 Å². The zero-order valence-electron chi connectivity index (χ0n) is 11.2. The number of hydrogen-bond acceptors (Lipinski definition) is 3. The second kappa shape index (κ2) is 6.07. The number of anilines is 2. The maximum atomic E-state index is 11.8. The van der Waals surface area contributed by atoms with Gasteiger partial charge in [0.15, 0.2) is 0 Å². The summed E-state index contributed by atoms with van der Waals surface area (Å²) in [4.78, 5) is 13.7. The number of carbonyl (C=O) groups is 1. The summed E-state index contributed by atoms with van der Waals surface area (Å²) in [7, 11) is 3.82. The Bertz CT molecular complexity index is 432. The van der Waals surface area contributed by atoms with Crippen LogP contribution in [0.5, 0.6) is 0 Å². The lowest BCUT2D eigenvalue weighted by Crippen LogP contribution is -2.39. The average molecular weight is 270 g/mol. The van der Waals surface area contributed by atoms with E-state index < -0.39 is 6.04 Å². The number of halogens is 1. The first-order valence-electron chi connectivity index (χ1n) is 5.86. The van der Waals surface area contributed by atoms with Crippen molar-refractivity contribution in [3.8, 4) is 0 Å². The van der Waals surface area contributed by atoms with Crippen molar-refractivity contribution < 1.29 is 4.79 Å². The third-order valence-electron chi connectivity index (χ3n) is 2.72. The summed E-state index contributed by atoms with van der Waals surface area (Å²) in [5.41, 5.74) is 7.34. The van der Waals surface area contributed by atoms with Crippen LogP contribution in [0.25, 0.3) is 0 Å². The molecule has 4 nitrogen and oxygen atoms in total. The van der Waals surface area contributed by atoms with Crippen molar-refractivity contribution in [3.63, 3.8) is 0 Å². The second-order valence-corrected chi connectivity index (χ2v) is 5.23. The minimum absolute atomic E-state index is 0.0986. The third-order valence-corrected chi connectivity index (χ3v) is 3.02. The Morgan fingerprint density at radius 3 is 2.44 bits per heavy atom. The molecule has 0 saturated heterocycles. The molecule has 0 aliphatic carbocycles. The van der Waals surface area contributed by atoms with Crippen molar-refractivity contribution >= 4 is 28.9 Å². The van der Waals surface area contributed by atoms with Crippen molar-refractivity contribution in [3.05, 3.63) is 23.2 Å². The van der Waals surface area contributed by atoms with Gasteiger partial charge in [-0.15, -0.1) is 0 Å². The molecule has 0 aliphatic heterocycles. The molecule has 3 N–H and O–H groups in total. The lowest BCUT2D eigenvalue weighted by atomic mass is 10.0. The zero-order chi connectivity index (χ0) is 13.9. The Labute approximate surface area is 113 Å². The van der Waals surface area contributed by atoms with Crippen LogP contribution in [0.2, 0.25) is 5.02 Å². The molecule has 0 aliphatic rings. The number of amides is 1. The van der Waals surface area contributed by atoms with E-state index in [1.165, 1.54) is 0 Å². The fourth-order valence-electron chi connectivity index (χ4n) is 1.48. The number of nitrogens with one attached hydrogen (secondary N) is 1. The van der Waals surface area contributed by atoms with Crippen LogP contribution in [0.3, 0.4) is 0 Å². The predicted octanol–water partition coefficient (Wildman–Crippen LogP) is 2.33. The first-order chi connectivity index (χ1) is 8.32. The molecule has 1 amide bonds. The van der Waals surface area contributed by atoms with Crippen LogP contribution in [0.15, 0.2) is 18.2 Å². The van der Waals surface area contributed by atoms with Crippen LogP contribution in [0, 0.1) is 5.92 Å². The van der Waals surface area contributed by atoms with Gasteiger partial charge < -0.3 is 16.0 Å². The summed E-state index contributed by atoms with van der Waals surface area (Å²) in [6.45, 7) is 3.82. The Balaban J connectivity index is 2.81. The van der Waals surface area contributed by atoms with Crippen LogP contribution in [0.4, 0.5) is 11.4 Å². The van der Waals surface area contributed by atoms with Crippen molar-refractivity contribution in [2.24, 2.45) is 11.7 Å². The highest BCUT2D eigenvalue weighted by Gasteiger charge is 2.17. The zero-order valence-corrected chi connectivity index (χ0v) is 12.0. The molecule has 1 aromatic rings. The molecule has 0 saturated carbocycles. The van der Waals surface area contributed by atoms with Gasteiger partial charge in [0.1, 0.15) is 0 Å². The number of carbonyl (C=O) groups excluding carboxylic acids is 1. The Morgan fingerprint density at radius 2 is 2.00 bits per heavy atom. The van der Waals surface area contributed by atoms with Gasteiger partial charge >= 0.3 is 0 Å². The Morgan fingerprint density at radius 1 is 1.39 bits per heavy atom. The van der Waals surface area contributed by atoms with Gasteiger partial charge in [0.05, 0.1) is 16.8 Å². The molecular formula is C13H20ClN3O. The van der Waals surface area contributed by atoms with Crippen LogP contribution < -0.4 is 16.0 Å². The Hall–Kier alpha value is -1.26. The lowest BCUT2D eigenvalue weighted by Gasteiger charge is -2.17. The molecule has 1 aromatic carbocycles. The van der Waals surface area contributed by atoms with E-state index in [9.17, 15) is 4.79 Å². The maximum Gasteiger partial charge on any atom is 0.241 e. The molecule has 5 heteroatoms. The summed E-state index contributed by atoms with van der Waals surface area (Å²) in [5, 5.41) is 3.36. The van der Waals surface area contributed by atoms with Gasteiger partial charge in [-0.25, -0.2) is 0 Å². The van der Waals surface area contributed by atoms with E-state index >= 15 is 0 Å². The SMILES string of the molecule is CC(C)[C@H](N)C(=O)Nc1ccc(N(C)C)c(Cl)c1. The van der Waals surface area contributed by atoms with Gasteiger partial charge in [0.2, 0.25) is 5.91 Å². The summed E-state index contributed by atoms with van der Waals surface area (Å²) in [5.74, 6) is -0.0970. The smallest absolute Gasteiger partial charge is 0.241 e. The number of rotatable bonds is 4. The predicted molar refractivity (Wildman–Crippen MR) is 77.2 cm³/mol. The molecule has 0 unspecified atom stereocenters. The topological polar surface area (TPSA) is 58.4 Å². The highest BCUT2D eigenvalue weighted by atomic mass is 35.5. The van der Waals surface area contributed by atoms with Gasteiger partial charge in [-0.1, -0.05) is 25.4 Å². The van der Waals surface area contributed by atoms with E-state index in [0.29, 0.717) is 10.7 Å². The average Bonchev–Trinajstić information content (AvgIpc) is 2.27. The minimum atomic E-state index is -0.516. The first kappa shape index (κ1) is 14.8. The molecular weight excluding hydrogens is 250 g/mol. The van der Waals surface area contributed by atoms with Gasteiger partial charge in [0.25, 0.3) is 0 Å². The van der Waals surface area contributed by atoms with Crippen molar-refractivity contribution in [2.45, 2.75) is 19.9 Å². The monoisotopic (exact) mass is 269 g/mol. The molecule has 1 rings (SSSR count). The molecule has 0 bridgehead atoms. The molecule has 1 atom stereocenters. The largest absolute Gasteiger partial charge is 0.376 e. The van der Waals surface area contributed by atoms with E-state index in [2.05, 4.69) is 5.32 Å². The maximum absolute atomic E-state index is 11.8. The molecule has 0 spiro atoms. The molecule has 18 heavy (non-hydrogen) atoms. The quantitative estimate of drug-likeness (QED) is 0.882. The first-order valence-corrected chi connectivity index (χ1v) is 6.24. The normalized spacial score (nSPS) is 12.4. The molecule has 0 radical (unpaired) electrons. The highest BCUT2D eigenvalue weighted by molar-refractivity contribution is 6.33. The van der Waals surface area contributed by atoms with Gasteiger partial charge in [-0.3, -0.25) is 4.79 Å². The molecule has 0 fully saturated rings. The third kappa shape index (κ3) is 3.62. The number of benzene rings is 1. The van der Waals surface area contributed by atoms with E-state index in [1.54, 1.807) is 6.07 Å². The van der Waals surface area contributed by atoms with Gasteiger partial charge in [-0.2, -0.15) is 0 Å². The van der Waals surface area contributed by atoms with Crippen molar-refractivity contribution in [2.75, 3.05) is 24.3 Å². The van der Waals surface area contributed by atoms with Crippen molar-refractivity contribution in [1.82, 2.24) is 0 Å². The van der Waals surface area contributed by atoms with E-state index in [0.717, 1.165) is 5.69 Å². The standard InChI is InChI=1S/C13H20ClN3O/c1-8(2)12(15)13(18)16-9-5-6-11(17(3)4)10(14)7-9/h5-8,12H,15H2,1-4H3,(H,16,18)/t12-/m0/s1. The Kier molecular flexibility index (Phi) is 4.99. The number of nitrogens with two attached hydrogens (primary N) is 1. The minimum Gasteiger partial charge on any atom is -0.376 e. The lowest BCUT2D eigenvalue weighted by molar-refractivity contribution is -0.118. The van der Waals surface area contributed by atoms with Gasteiger partial charge in [-0.05, 0) is 24.1 Å². The fourth-order valence-corrected chi connectivity index (χ4v) is 1.83. The molecule has 100 valence electrons. The van der Waals surface area contributed by atoms with Crippen LogP contribution in [0.1, 0.15) is 13.8 Å². The van der Waals surface area contributed by atoms with Crippen LogP contribution >= 0.6 is 11.6 Å². The molecule has 0 heterocycles. The summed E-state index contributed by atoms with van der Waals surface area (Å²) in [6.07, 6.45) is 0. The van der Waals surface area contributed by atoms with Gasteiger partial charge in [0, 0.05) is 19.8 Å². The van der Waals surface area contributed by atoms with Crippen LogP contribution in [-0.4, -0.2) is 26.0 Å². The molecule has 0 aromatic heterocycles. The van der Waals surface area contributed by atoms with E-state index in [4.69, 9.17) is 17.3 Å². The van der Waals surface area contributed by atoms with Crippen LogP contribution in [-0.2, 0) is 4.79 Å². The highest BCUT2D eigenvalue weighted by Crippen LogP contribution is 2.27. The number of hydrogen-bond donors (Lipinski definition) is 2. The summed E-state index contributed by atoms with van der Waals surface area (Å²) in [6, 6.07) is 4.88. The van der Waals surface area contributed by atoms with Crippen molar-refractivity contribution in [1.29, 1.82) is 0 Å². The summed E-state index contributed by atoms with van der Waals surface area (Å²) >= 11 is 6.13.